The molecule has 0 aliphatic carbocycles. The minimum atomic E-state index is -3.25. The van der Waals surface area contributed by atoms with Gasteiger partial charge in [0.25, 0.3) is 11.5 Å². The highest BCUT2D eigenvalue weighted by molar-refractivity contribution is 7.90. The van der Waals surface area contributed by atoms with Crippen molar-refractivity contribution in [3.8, 4) is 0 Å². The van der Waals surface area contributed by atoms with Gasteiger partial charge in [0.1, 0.15) is 5.65 Å². The molecule has 0 saturated carbocycles. The third-order valence-corrected chi connectivity index (χ3v) is 6.99. The number of carbonyl (C=O) groups excluding carboxylic acids is 1. The van der Waals surface area contributed by atoms with Gasteiger partial charge in [-0.1, -0.05) is 42.5 Å². The maximum Gasteiger partial charge on any atom is 0.251 e. The van der Waals surface area contributed by atoms with E-state index in [1.54, 1.807) is 61.1 Å². The second-order valence-electron chi connectivity index (χ2n) is 9.30. The van der Waals surface area contributed by atoms with Crippen LogP contribution >= 0.6 is 11.6 Å². The first-order chi connectivity index (χ1) is 19.1. The number of aromatic amines is 1. The van der Waals surface area contributed by atoms with E-state index < -0.39 is 9.84 Å². The van der Waals surface area contributed by atoms with Crippen LogP contribution in [0.4, 0.5) is 0 Å². The highest BCUT2D eigenvalue weighted by Gasteiger charge is 2.10. The van der Waals surface area contributed by atoms with Gasteiger partial charge in [0.05, 0.1) is 10.8 Å². The number of amides is 1. The van der Waals surface area contributed by atoms with E-state index in [2.05, 4.69) is 26.8 Å². The van der Waals surface area contributed by atoms with E-state index in [0.717, 1.165) is 17.2 Å². The van der Waals surface area contributed by atoms with E-state index >= 15 is 0 Å². The third kappa shape index (κ3) is 8.11. The van der Waals surface area contributed by atoms with Gasteiger partial charge in [-0.25, -0.2) is 13.4 Å². The van der Waals surface area contributed by atoms with Gasteiger partial charge in [0.2, 0.25) is 0 Å². The first-order valence-electron chi connectivity index (χ1n) is 12.3. The smallest absolute Gasteiger partial charge is 0.251 e. The molecule has 0 aromatic carbocycles. The van der Waals surface area contributed by atoms with Crippen molar-refractivity contribution >= 4 is 38.4 Å². The number of pyridine rings is 3. The van der Waals surface area contributed by atoms with Gasteiger partial charge >= 0.3 is 0 Å². The van der Waals surface area contributed by atoms with E-state index in [-0.39, 0.29) is 30.2 Å². The molecule has 40 heavy (non-hydrogen) atoms. The molecule has 0 radical (unpaired) electrons. The number of H-pyrrole nitrogens is 1. The largest absolute Gasteiger partial charge is 0.348 e. The fourth-order valence-electron chi connectivity index (χ4n) is 3.87. The van der Waals surface area contributed by atoms with Gasteiger partial charge in [-0.2, -0.15) is 0 Å². The van der Waals surface area contributed by atoms with E-state index in [4.69, 9.17) is 11.6 Å². The van der Waals surface area contributed by atoms with Crippen molar-refractivity contribution in [2.75, 3.05) is 12.0 Å². The lowest BCUT2D eigenvalue weighted by Gasteiger charge is -2.08. The zero-order valence-electron chi connectivity index (χ0n) is 21.8. The molecule has 11 heteroatoms. The molecule has 2 N–H and O–H groups in total. The molecule has 0 spiro atoms. The third-order valence-electron chi connectivity index (χ3n) is 5.91. The van der Waals surface area contributed by atoms with Crippen molar-refractivity contribution in [3.63, 3.8) is 0 Å². The molecule has 206 valence electrons. The molecule has 4 aromatic rings. The Hall–Kier alpha value is -4.28. The van der Waals surface area contributed by atoms with Crippen LogP contribution < -0.4 is 10.9 Å². The zero-order chi connectivity index (χ0) is 28.7. The molecular formula is C29H28ClN5O4S. The number of carbonyl (C=O) groups is 1. The van der Waals surface area contributed by atoms with Crippen LogP contribution in [0, 0.1) is 0 Å². The molecule has 0 bridgehead atoms. The Morgan fingerprint density at radius 1 is 1.20 bits per heavy atom. The highest BCUT2D eigenvalue weighted by Crippen LogP contribution is 2.22. The maximum absolute atomic E-state index is 12.9. The van der Waals surface area contributed by atoms with Crippen molar-refractivity contribution in [1.82, 2.24) is 24.8 Å². The van der Waals surface area contributed by atoms with Crippen molar-refractivity contribution in [2.24, 2.45) is 0 Å². The number of halogens is 1. The Labute approximate surface area is 236 Å². The fourth-order valence-corrected chi connectivity index (χ4v) is 4.58. The number of sulfone groups is 1. The summed E-state index contributed by atoms with van der Waals surface area (Å²) in [5, 5.41) is 4.21. The summed E-state index contributed by atoms with van der Waals surface area (Å²) < 4.78 is 25.1. The molecule has 0 saturated heterocycles. The number of fused-ring (bicyclic) bond motifs is 1. The van der Waals surface area contributed by atoms with Crippen LogP contribution in [-0.4, -0.2) is 45.9 Å². The molecular weight excluding hydrogens is 550 g/mol. The quantitative estimate of drug-likeness (QED) is 0.259. The van der Waals surface area contributed by atoms with Crippen LogP contribution in [0.5, 0.6) is 0 Å². The van der Waals surface area contributed by atoms with Gasteiger partial charge < -0.3 is 14.9 Å². The molecule has 4 aromatic heterocycles. The van der Waals surface area contributed by atoms with Crippen LogP contribution in [0.25, 0.3) is 11.0 Å². The van der Waals surface area contributed by atoms with Gasteiger partial charge in [0, 0.05) is 73.3 Å². The topological polar surface area (TPSA) is 127 Å². The van der Waals surface area contributed by atoms with Crippen LogP contribution in [0.1, 0.15) is 21.6 Å². The van der Waals surface area contributed by atoms with Crippen molar-refractivity contribution in [1.29, 1.82) is 0 Å². The Morgan fingerprint density at radius 3 is 2.80 bits per heavy atom. The Balaban J connectivity index is 1.45. The molecule has 0 aliphatic heterocycles. The summed E-state index contributed by atoms with van der Waals surface area (Å²) in [6.07, 6.45) is 13.1. The molecule has 1 amide bonds. The number of nitrogens with one attached hydrogen (secondary N) is 2. The van der Waals surface area contributed by atoms with E-state index in [1.807, 2.05) is 6.07 Å². The molecule has 4 rings (SSSR count). The second-order valence-corrected chi connectivity index (χ2v) is 11.9. The van der Waals surface area contributed by atoms with Crippen LogP contribution in [0.2, 0.25) is 5.02 Å². The molecule has 0 fully saturated rings. The van der Waals surface area contributed by atoms with Crippen molar-refractivity contribution < 1.29 is 13.2 Å². The van der Waals surface area contributed by atoms with Gasteiger partial charge in [-0.15, -0.1) is 0 Å². The van der Waals surface area contributed by atoms with E-state index in [9.17, 15) is 18.0 Å². The summed E-state index contributed by atoms with van der Waals surface area (Å²) in [7, 11) is -3.25. The standard InChI is InChI=1S/C29H28ClN5O4S/c1-20(19-35-11-4-3-5-27(35)36)6-7-21(9-12-40(2,38)39)13-24-15-23(8-10-31-24)29(37)34-17-22-14-25-26(30)18-33-28(25)32-16-22/h3-11,14-16,18H,1,12-13,17,19H2,2H3,(H,32,33)(H,34,37)/b7-6-,21-9+. The van der Waals surface area contributed by atoms with Crippen molar-refractivity contribution in [2.45, 2.75) is 19.5 Å². The molecule has 0 aliphatic rings. The maximum atomic E-state index is 12.9. The van der Waals surface area contributed by atoms with Crippen LogP contribution in [0.3, 0.4) is 0 Å². The first kappa shape index (κ1) is 28.7. The summed E-state index contributed by atoms with van der Waals surface area (Å²) in [4.78, 5) is 36.5. The number of rotatable bonds is 11. The molecule has 4 heterocycles. The Bertz CT molecular complexity index is 1790. The van der Waals surface area contributed by atoms with Gasteiger partial charge in [-0.3, -0.25) is 14.6 Å². The Morgan fingerprint density at radius 2 is 2.02 bits per heavy atom. The minimum Gasteiger partial charge on any atom is -0.348 e. The average molecular weight is 578 g/mol. The van der Waals surface area contributed by atoms with Crippen LogP contribution in [0.15, 0.2) is 102 Å². The fraction of sp³-hybridized carbons (Fsp3) is 0.172. The number of hydrogen-bond donors (Lipinski definition) is 2. The first-order valence-corrected chi connectivity index (χ1v) is 14.7. The molecule has 9 nitrogen and oxygen atoms in total. The minimum absolute atomic E-state index is 0.144. The number of aromatic nitrogens is 4. The lowest BCUT2D eigenvalue weighted by Crippen LogP contribution is -2.23. The summed E-state index contributed by atoms with van der Waals surface area (Å²) in [5.41, 5.74) is 3.67. The second kappa shape index (κ2) is 12.7. The predicted molar refractivity (Wildman–Crippen MR) is 157 cm³/mol. The summed E-state index contributed by atoms with van der Waals surface area (Å²) in [6, 6.07) is 10.0. The highest BCUT2D eigenvalue weighted by atomic mass is 35.5. The van der Waals surface area contributed by atoms with E-state index in [0.29, 0.717) is 39.6 Å². The lowest BCUT2D eigenvalue weighted by molar-refractivity contribution is 0.0950. The normalized spacial score (nSPS) is 12.2. The monoisotopic (exact) mass is 577 g/mol. The Kier molecular flexibility index (Phi) is 9.13. The predicted octanol–water partition coefficient (Wildman–Crippen LogP) is 4.03. The van der Waals surface area contributed by atoms with Gasteiger partial charge in [0.15, 0.2) is 9.84 Å². The van der Waals surface area contributed by atoms with E-state index in [1.165, 1.54) is 16.8 Å². The van der Waals surface area contributed by atoms with Gasteiger partial charge in [-0.05, 0) is 41.0 Å². The SMILES string of the molecule is C=C(/C=C\C(=C/CS(C)(=O)=O)Cc1cc(C(=O)NCc2cnc3[nH]cc(Cl)c3c2)ccn1)Cn1ccccc1=O. The summed E-state index contributed by atoms with van der Waals surface area (Å²) in [6.45, 7) is 4.56. The van der Waals surface area contributed by atoms with Crippen molar-refractivity contribution in [3.05, 3.63) is 129 Å². The number of hydrogen-bond acceptors (Lipinski definition) is 6. The number of allylic oxidation sites excluding steroid dienone is 4. The number of nitrogens with zero attached hydrogens (tertiary/aromatic N) is 3. The lowest BCUT2D eigenvalue weighted by atomic mass is 10.1. The summed E-state index contributed by atoms with van der Waals surface area (Å²) >= 11 is 6.16. The summed E-state index contributed by atoms with van der Waals surface area (Å²) in [5.74, 6) is -0.441. The van der Waals surface area contributed by atoms with Crippen LogP contribution in [-0.2, 0) is 29.3 Å². The molecule has 0 atom stereocenters. The zero-order valence-corrected chi connectivity index (χ0v) is 23.4. The average Bonchev–Trinajstić information content (AvgIpc) is 3.29. The molecule has 0 unspecified atom stereocenters.